The van der Waals surface area contributed by atoms with Crippen LogP contribution in [0.5, 0.6) is 0 Å². The predicted molar refractivity (Wildman–Crippen MR) is 42.6 cm³/mol. The van der Waals surface area contributed by atoms with Gasteiger partial charge in [-0.15, -0.1) is 0 Å². The van der Waals surface area contributed by atoms with Crippen LogP contribution in [0.3, 0.4) is 0 Å². The fourth-order valence-electron chi connectivity index (χ4n) is 0.387. The highest BCUT2D eigenvalue weighted by molar-refractivity contribution is 4.33. The van der Waals surface area contributed by atoms with Crippen LogP contribution in [0, 0.1) is 0 Å². The van der Waals surface area contributed by atoms with Crippen molar-refractivity contribution in [2.24, 2.45) is 0 Å². The van der Waals surface area contributed by atoms with Gasteiger partial charge in [0.2, 0.25) is 0 Å². The van der Waals surface area contributed by atoms with Crippen molar-refractivity contribution in [3.63, 3.8) is 0 Å². The largest absolute Gasteiger partial charge is 0.348 e. The highest BCUT2D eigenvalue weighted by atomic mass is 15.1. The van der Waals surface area contributed by atoms with Gasteiger partial charge < -0.3 is 10.2 Å². The molecule has 0 aromatic rings. The monoisotopic (exact) mass is 133 g/mol. The van der Waals surface area contributed by atoms with E-state index in [0.29, 0.717) is 0 Å². The second-order valence-electron chi connectivity index (χ2n) is 2.00. The zero-order valence-electron chi connectivity index (χ0n) is 7.44. The Labute approximate surface area is 59.2 Å². The first kappa shape index (κ1) is 11.7. The molecule has 0 heterocycles. The van der Waals surface area contributed by atoms with E-state index in [9.17, 15) is 0 Å². The molecule has 0 spiro atoms. The molecule has 0 fully saturated rings. The van der Waals surface area contributed by atoms with Crippen molar-refractivity contribution in [3.05, 3.63) is 0 Å². The summed E-state index contributed by atoms with van der Waals surface area (Å²) in [6.07, 6.45) is 0. The van der Waals surface area contributed by atoms with Gasteiger partial charge in [-0.05, 0) is 14.1 Å². The Balaban J connectivity index is 0. The lowest BCUT2D eigenvalue weighted by Gasteiger charge is -2.04. The van der Waals surface area contributed by atoms with E-state index in [0.717, 1.165) is 0 Å². The van der Waals surface area contributed by atoms with Crippen molar-refractivity contribution < 1.29 is 5.32 Å². The topological polar surface area (TPSA) is 19.9 Å². The normalized spacial score (nSPS) is 8.67. The summed E-state index contributed by atoms with van der Waals surface area (Å²) < 4.78 is 0. The molecule has 0 radical (unpaired) electrons. The van der Waals surface area contributed by atoms with Crippen LogP contribution in [-0.2, 0) is 0 Å². The molecule has 0 aliphatic carbocycles. The van der Waals surface area contributed by atoms with Crippen LogP contribution >= 0.6 is 0 Å². The molecular weight excluding hydrogens is 112 g/mol. The lowest BCUT2D eigenvalue weighted by molar-refractivity contribution is -0.626. The van der Waals surface area contributed by atoms with Gasteiger partial charge in [0.25, 0.3) is 0 Å². The third kappa shape index (κ3) is 18.1. The van der Waals surface area contributed by atoms with E-state index in [1.807, 2.05) is 13.8 Å². The van der Waals surface area contributed by atoms with Crippen LogP contribution in [0.25, 0.3) is 0 Å². The van der Waals surface area contributed by atoms with Crippen molar-refractivity contribution in [2.75, 3.05) is 34.2 Å². The number of rotatable bonds is 3. The quantitative estimate of drug-likeness (QED) is 0.563. The van der Waals surface area contributed by atoms with Crippen molar-refractivity contribution >= 4 is 0 Å². The van der Waals surface area contributed by atoms with Gasteiger partial charge in [-0.25, -0.2) is 0 Å². The van der Waals surface area contributed by atoms with Crippen molar-refractivity contribution in [1.82, 2.24) is 4.90 Å². The van der Waals surface area contributed by atoms with E-state index in [-0.39, 0.29) is 0 Å². The highest BCUT2D eigenvalue weighted by Crippen LogP contribution is 1.63. The Kier molecular flexibility index (Phi) is 14.0. The number of nitrogens with two attached hydrogens (primary N) is 1. The van der Waals surface area contributed by atoms with Gasteiger partial charge in [-0.2, -0.15) is 0 Å². The van der Waals surface area contributed by atoms with E-state index < -0.39 is 0 Å². The minimum atomic E-state index is 1.18. The Bertz CT molecular complexity index is 35.9. The summed E-state index contributed by atoms with van der Waals surface area (Å²) in [5.41, 5.74) is 0. The van der Waals surface area contributed by atoms with Gasteiger partial charge in [0.15, 0.2) is 0 Å². The van der Waals surface area contributed by atoms with Crippen molar-refractivity contribution in [2.45, 2.75) is 13.8 Å². The summed E-state index contributed by atoms with van der Waals surface area (Å²) in [6, 6.07) is 0. The summed E-state index contributed by atoms with van der Waals surface area (Å²) in [7, 11) is 6.26. The lowest BCUT2D eigenvalue weighted by atomic mass is 10.6. The summed E-state index contributed by atoms with van der Waals surface area (Å²) in [5.74, 6) is 0. The number of quaternary nitrogens is 1. The smallest absolute Gasteiger partial charge is 0.0882 e. The average molecular weight is 133 g/mol. The fourth-order valence-corrected chi connectivity index (χ4v) is 0.387. The molecule has 0 aromatic heterocycles. The van der Waals surface area contributed by atoms with Crippen LogP contribution in [0.4, 0.5) is 0 Å². The second-order valence-corrected chi connectivity index (χ2v) is 2.00. The third-order valence-electron chi connectivity index (χ3n) is 0.865. The maximum absolute atomic E-state index is 2.18. The SMILES string of the molecule is CC.C[NH2+]CCN(C)C. The van der Waals surface area contributed by atoms with Crippen LogP contribution in [-0.4, -0.2) is 39.1 Å². The molecule has 58 valence electrons. The standard InChI is InChI=1S/C5H14N2.C2H6/c1-6-4-5-7(2)3;1-2/h6H,4-5H2,1-3H3;1-2H3/p+1. The Morgan fingerprint density at radius 1 is 1.22 bits per heavy atom. The first-order valence-corrected chi connectivity index (χ1v) is 3.70. The highest BCUT2D eigenvalue weighted by Gasteiger charge is 1.85. The molecule has 2 N–H and O–H groups in total. The van der Waals surface area contributed by atoms with Gasteiger partial charge >= 0.3 is 0 Å². The van der Waals surface area contributed by atoms with Crippen LogP contribution in [0.1, 0.15) is 13.8 Å². The third-order valence-corrected chi connectivity index (χ3v) is 0.865. The zero-order valence-corrected chi connectivity index (χ0v) is 7.44. The first-order chi connectivity index (χ1) is 4.27. The molecule has 9 heavy (non-hydrogen) atoms. The summed E-state index contributed by atoms with van der Waals surface area (Å²) >= 11 is 0. The number of hydrogen-bond donors (Lipinski definition) is 1. The van der Waals surface area contributed by atoms with E-state index in [1.54, 1.807) is 0 Å². The van der Waals surface area contributed by atoms with Crippen LogP contribution < -0.4 is 5.32 Å². The Hall–Kier alpha value is -0.0800. The predicted octanol–water partition coefficient (Wildman–Crippen LogP) is -0.233. The number of likely N-dealkylation sites (N-methyl/N-ethyl adjacent to an activating group) is 2. The summed E-state index contributed by atoms with van der Waals surface area (Å²) in [5, 5.41) is 2.18. The van der Waals surface area contributed by atoms with Gasteiger partial charge in [0.05, 0.1) is 13.6 Å². The van der Waals surface area contributed by atoms with Gasteiger partial charge in [-0.3, -0.25) is 0 Å². The fraction of sp³-hybridized carbons (Fsp3) is 1.00. The molecule has 0 aliphatic rings. The van der Waals surface area contributed by atoms with E-state index in [2.05, 4.69) is 31.4 Å². The zero-order chi connectivity index (χ0) is 7.70. The minimum absolute atomic E-state index is 1.18. The maximum atomic E-state index is 2.18. The second kappa shape index (κ2) is 10.8. The van der Waals surface area contributed by atoms with Crippen molar-refractivity contribution in [1.29, 1.82) is 0 Å². The molecule has 0 bridgehead atoms. The Morgan fingerprint density at radius 3 is 1.78 bits per heavy atom. The summed E-state index contributed by atoms with van der Waals surface area (Å²) in [6.45, 7) is 6.38. The molecule has 0 amide bonds. The molecule has 0 aliphatic heterocycles. The molecule has 0 aromatic carbocycles. The molecular formula is C7H21N2+. The minimum Gasteiger partial charge on any atom is -0.348 e. The molecule has 0 saturated carbocycles. The first-order valence-electron chi connectivity index (χ1n) is 3.70. The van der Waals surface area contributed by atoms with E-state index in [1.165, 1.54) is 13.1 Å². The molecule has 0 atom stereocenters. The number of nitrogens with zero attached hydrogens (tertiary/aromatic N) is 1. The average Bonchev–Trinajstić information content (AvgIpc) is 1.88. The summed E-state index contributed by atoms with van der Waals surface area (Å²) in [4.78, 5) is 2.18. The maximum Gasteiger partial charge on any atom is 0.0882 e. The Morgan fingerprint density at radius 2 is 1.67 bits per heavy atom. The van der Waals surface area contributed by atoms with Gasteiger partial charge in [0, 0.05) is 6.54 Å². The van der Waals surface area contributed by atoms with E-state index >= 15 is 0 Å². The molecule has 2 nitrogen and oxygen atoms in total. The van der Waals surface area contributed by atoms with Crippen molar-refractivity contribution in [3.8, 4) is 0 Å². The van der Waals surface area contributed by atoms with Gasteiger partial charge in [0.1, 0.15) is 0 Å². The van der Waals surface area contributed by atoms with Crippen LogP contribution in [0.15, 0.2) is 0 Å². The van der Waals surface area contributed by atoms with Crippen LogP contribution in [0.2, 0.25) is 0 Å². The molecule has 0 saturated heterocycles. The van der Waals surface area contributed by atoms with E-state index in [4.69, 9.17) is 0 Å². The molecule has 2 heteroatoms. The van der Waals surface area contributed by atoms with Gasteiger partial charge in [-0.1, -0.05) is 13.8 Å². The molecule has 0 rings (SSSR count). The lowest BCUT2D eigenvalue weighted by Crippen LogP contribution is -2.81. The molecule has 0 unspecified atom stereocenters. The number of hydrogen-bond acceptors (Lipinski definition) is 1.